The van der Waals surface area contributed by atoms with Gasteiger partial charge in [-0.3, -0.25) is 4.79 Å². The highest BCUT2D eigenvalue weighted by molar-refractivity contribution is 14.1. The van der Waals surface area contributed by atoms with Crippen LogP contribution >= 0.6 is 22.6 Å². The van der Waals surface area contributed by atoms with Crippen LogP contribution in [-0.2, 0) is 6.42 Å². The first-order chi connectivity index (χ1) is 13.8. The molecule has 0 atom stereocenters. The van der Waals surface area contributed by atoms with Crippen LogP contribution in [0.4, 0.5) is 11.4 Å². The summed E-state index contributed by atoms with van der Waals surface area (Å²) in [6.07, 6.45) is 4.88. The third-order valence-corrected chi connectivity index (χ3v) is 5.90. The van der Waals surface area contributed by atoms with E-state index < -0.39 is 0 Å². The van der Waals surface area contributed by atoms with Crippen LogP contribution in [0, 0.1) is 15.4 Å². The summed E-state index contributed by atoms with van der Waals surface area (Å²) in [5.41, 5.74) is 5.15. The van der Waals surface area contributed by atoms with Crippen LogP contribution in [0.25, 0.3) is 0 Å². The van der Waals surface area contributed by atoms with Gasteiger partial charge in [0.1, 0.15) is 0 Å². The van der Waals surface area contributed by atoms with Gasteiger partial charge in [-0.05, 0) is 76.7 Å². The van der Waals surface area contributed by atoms with Gasteiger partial charge in [-0.25, -0.2) is 0 Å². The van der Waals surface area contributed by atoms with Gasteiger partial charge in [0.2, 0.25) is 5.78 Å². The van der Waals surface area contributed by atoms with E-state index in [1.54, 1.807) is 0 Å². The molecular formula is C25H31IN2O. The van der Waals surface area contributed by atoms with Gasteiger partial charge in [0.25, 0.3) is 0 Å². The lowest BCUT2D eigenvalue weighted by atomic mass is 9.96. The zero-order valence-electron chi connectivity index (χ0n) is 18.2. The Morgan fingerprint density at radius 2 is 1.55 bits per heavy atom. The van der Waals surface area contributed by atoms with Gasteiger partial charge < -0.3 is 9.80 Å². The summed E-state index contributed by atoms with van der Waals surface area (Å²) < 4.78 is 1.20. The number of halogens is 1. The molecule has 0 aliphatic carbocycles. The van der Waals surface area contributed by atoms with E-state index in [1.165, 1.54) is 14.8 Å². The van der Waals surface area contributed by atoms with Crippen LogP contribution in [-0.4, -0.2) is 34.0 Å². The number of ketones is 1. The van der Waals surface area contributed by atoms with Crippen molar-refractivity contribution in [2.75, 3.05) is 38.0 Å². The molecule has 0 aliphatic heterocycles. The molecule has 0 N–H and O–H groups in total. The van der Waals surface area contributed by atoms with E-state index in [1.807, 2.05) is 39.2 Å². The van der Waals surface area contributed by atoms with Crippen LogP contribution < -0.4 is 9.80 Å². The summed E-state index contributed by atoms with van der Waals surface area (Å²) >= 11 is 2.38. The second-order valence-corrected chi connectivity index (χ2v) is 8.83. The summed E-state index contributed by atoms with van der Waals surface area (Å²) in [7, 11) is 8.06. The third kappa shape index (κ3) is 6.78. The maximum atomic E-state index is 12.9. The fraction of sp³-hybridized carbons (Fsp3) is 0.400. The average molecular weight is 502 g/mol. The minimum atomic E-state index is -0.0832. The molecule has 0 radical (unpaired) electrons. The Bertz CT molecular complexity index is 907. The molecule has 0 heterocycles. The van der Waals surface area contributed by atoms with Crippen molar-refractivity contribution < 1.29 is 4.79 Å². The molecule has 0 amide bonds. The molecule has 0 aliphatic rings. The topological polar surface area (TPSA) is 23.6 Å². The van der Waals surface area contributed by atoms with Gasteiger partial charge in [-0.2, -0.15) is 0 Å². The molecule has 4 heteroatoms. The van der Waals surface area contributed by atoms with E-state index >= 15 is 0 Å². The van der Waals surface area contributed by atoms with Gasteiger partial charge in [-0.1, -0.05) is 37.8 Å². The number of unbranched alkanes of at least 4 members (excludes halogenated alkanes) is 3. The Hall–Kier alpha value is -2.00. The van der Waals surface area contributed by atoms with Crippen molar-refractivity contribution in [1.29, 1.82) is 0 Å². The Labute approximate surface area is 189 Å². The first-order valence-electron chi connectivity index (χ1n) is 10.1. The highest BCUT2D eigenvalue weighted by Gasteiger charge is 2.14. The second kappa shape index (κ2) is 11.3. The number of carbonyl (C=O) groups excluding carboxylic acids is 1. The fourth-order valence-corrected chi connectivity index (χ4v) is 3.73. The lowest BCUT2D eigenvalue weighted by molar-refractivity contribution is 0.105. The Morgan fingerprint density at radius 1 is 0.931 bits per heavy atom. The van der Waals surface area contributed by atoms with Crippen molar-refractivity contribution in [3.63, 3.8) is 0 Å². The summed E-state index contributed by atoms with van der Waals surface area (Å²) in [6, 6.07) is 12.6. The van der Waals surface area contributed by atoms with Gasteiger partial charge in [0, 0.05) is 55.1 Å². The SMILES string of the molecule is CCCCCC#CC(=O)c1cc(N(C)C)ccc1Cc1ccc(N(C)C)cc1I. The molecule has 0 saturated carbocycles. The summed E-state index contributed by atoms with van der Waals surface area (Å²) in [5, 5.41) is 0. The minimum absolute atomic E-state index is 0.0832. The maximum absolute atomic E-state index is 12.9. The van der Waals surface area contributed by atoms with Crippen LogP contribution in [0.2, 0.25) is 0 Å². The van der Waals surface area contributed by atoms with E-state index in [0.717, 1.165) is 43.4 Å². The summed E-state index contributed by atoms with van der Waals surface area (Å²) in [5.74, 6) is 5.86. The molecule has 0 aromatic heterocycles. The molecule has 154 valence electrons. The van der Waals surface area contributed by atoms with E-state index in [4.69, 9.17) is 0 Å². The molecule has 0 unspecified atom stereocenters. The van der Waals surface area contributed by atoms with E-state index in [0.29, 0.717) is 5.56 Å². The molecule has 2 aromatic carbocycles. The molecule has 2 aromatic rings. The lowest BCUT2D eigenvalue weighted by Crippen LogP contribution is -2.12. The second-order valence-electron chi connectivity index (χ2n) is 7.67. The van der Waals surface area contributed by atoms with Crippen molar-refractivity contribution in [2.45, 2.75) is 39.0 Å². The zero-order chi connectivity index (χ0) is 21.4. The van der Waals surface area contributed by atoms with E-state index in [-0.39, 0.29) is 5.78 Å². The summed E-state index contributed by atoms with van der Waals surface area (Å²) in [6.45, 7) is 2.17. The number of nitrogens with zero attached hydrogens (tertiary/aromatic N) is 2. The van der Waals surface area contributed by atoms with Gasteiger partial charge >= 0.3 is 0 Å². The molecule has 2 rings (SSSR count). The van der Waals surface area contributed by atoms with Crippen LogP contribution in [0.5, 0.6) is 0 Å². The standard InChI is InChI=1S/C25H31IN2O/c1-6-7-8-9-10-11-25(29)23-17-21(27(2)3)14-12-19(23)16-20-13-15-22(28(4)5)18-24(20)26/h12-15,17-18H,6-9,16H2,1-5H3. The van der Waals surface area contributed by atoms with Crippen LogP contribution in [0.3, 0.4) is 0 Å². The molecule has 0 bridgehead atoms. The normalized spacial score (nSPS) is 10.3. The highest BCUT2D eigenvalue weighted by atomic mass is 127. The Kier molecular flexibility index (Phi) is 9.03. The Morgan fingerprint density at radius 3 is 2.14 bits per heavy atom. The van der Waals surface area contributed by atoms with Crippen molar-refractivity contribution >= 4 is 39.7 Å². The van der Waals surface area contributed by atoms with Crippen molar-refractivity contribution in [3.8, 4) is 11.8 Å². The molecule has 3 nitrogen and oxygen atoms in total. The number of benzene rings is 2. The fourth-order valence-electron chi connectivity index (χ4n) is 3.04. The number of Topliss-reactive ketones (excluding diaryl/α,β-unsaturated/α-hetero) is 1. The number of rotatable bonds is 8. The summed E-state index contributed by atoms with van der Waals surface area (Å²) in [4.78, 5) is 17.0. The number of anilines is 2. The zero-order valence-corrected chi connectivity index (χ0v) is 20.3. The molecule has 0 fully saturated rings. The van der Waals surface area contributed by atoms with E-state index in [9.17, 15) is 4.79 Å². The molecule has 0 saturated heterocycles. The van der Waals surface area contributed by atoms with Crippen molar-refractivity contribution in [1.82, 2.24) is 0 Å². The number of hydrogen-bond donors (Lipinski definition) is 0. The van der Waals surface area contributed by atoms with Gasteiger partial charge in [0.05, 0.1) is 0 Å². The largest absolute Gasteiger partial charge is 0.378 e. The quantitative estimate of drug-likeness (QED) is 0.150. The van der Waals surface area contributed by atoms with Crippen molar-refractivity contribution in [2.24, 2.45) is 0 Å². The van der Waals surface area contributed by atoms with Crippen molar-refractivity contribution in [3.05, 3.63) is 56.7 Å². The molecular weight excluding hydrogens is 471 g/mol. The highest BCUT2D eigenvalue weighted by Crippen LogP contribution is 2.25. The van der Waals surface area contributed by atoms with Gasteiger partial charge in [-0.15, -0.1) is 0 Å². The third-order valence-electron chi connectivity index (χ3n) is 4.90. The lowest BCUT2D eigenvalue weighted by Gasteiger charge is -2.17. The smallest absolute Gasteiger partial charge is 0.236 e. The predicted molar refractivity (Wildman–Crippen MR) is 133 cm³/mol. The number of carbonyl (C=O) groups is 1. The Balaban J connectivity index is 2.33. The molecule has 29 heavy (non-hydrogen) atoms. The number of hydrogen-bond acceptors (Lipinski definition) is 3. The predicted octanol–water partition coefficient (Wildman–Crippen LogP) is 5.78. The minimum Gasteiger partial charge on any atom is -0.378 e. The maximum Gasteiger partial charge on any atom is 0.236 e. The first-order valence-corrected chi connectivity index (χ1v) is 11.2. The molecule has 0 spiro atoms. The average Bonchev–Trinajstić information content (AvgIpc) is 2.69. The van der Waals surface area contributed by atoms with E-state index in [2.05, 4.69) is 76.6 Å². The monoisotopic (exact) mass is 502 g/mol. The first kappa shape index (κ1) is 23.3. The van der Waals surface area contributed by atoms with Crippen LogP contribution in [0.15, 0.2) is 36.4 Å². The van der Waals surface area contributed by atoms with Crippen LogP contribution in [0.1, 0.15) is 54.1 Å². The van der Waals surface area contributed by atoms with Gasteiger partial charge in [0.15, 0.2) is 0 Å².